The zero-order valence-electron chi connectivity index (χ0n) is 11.6. The maximum absolute atomic E-state index is 9.20. The van der Waals surface area contributed by atoms with Gasteiger partial charge < -0.3 is 10.4 Å². The van der Waals surface area contributed by atoms with E-state index in [1.165, 1.54) is 5.56 Å². The maximum Gasteiger partial charge on any atom is 0.205 e. The van der Waals surface area contributed by atoms with E-state index in [1.807, 2.05) is 25.1 Å². The third kappa shape index (κ3) is 4.56. The number of rotatable bonds is 8. The normalized spacial score (nSPS) is 10.9. The fourth-order valence-electron chi connectivity index (χ4n) is 1.93. The summed E-state index contributed by atoms with van der Waals surface area (Å²) in [7, 11) is 0. The summed E-state index contributed by atoms with van der Waals surface area (Å²) < 4.78 is 0. The first-order valence-electron chi connectivity index (χ1n) is 6.75. The summed E-state index contributed by atoms with van der Waals surface area (Å²) in [6.07, 6.45) is 0. The third-order valence-corrected chi connectivity index (χ3v) is 3.68. The van der Waals surface area contributed by atoms with Crippen molar-refractivity contribution in [3.8, 4) is 0 Å². The van der Waals surface area contributed by atoms with Crippen molar-refractivity contribution in [1.82, 2.24) is 15.1 Å². The van der Waals surface area contributed by atoms with Crippen LogP contribution in [-0.4, -0.2) is 39.9 Å². The summed E-state index contributed by atoms with van der Waals surface area (Å²) in [5.41, 5.74) is 1.23. The summed E-state index contributed by atoms with van der Waals surface area (Å²) in [4.78, 5) is 2.17. The largest absolute Gasteiger partial charge is 0.395 e. The molecule has 1 aromatic heterocycles. The topological polar surface area (TPSA) is 61.3 Å². The average molecular weight is 292 g/mol. The van der Waals surface area contributed by atoms with Gasteiger partial charge >= 0.3 is 0 Å². The molecule has 0 unspecified atom stereocenters. The minimum absolute atomic E-state index is 0.145. The molecule has 0 spiro atoms. The van der Waals surface area contributed by atoms with Crippen LogP contribution in [0.2, 0.25) is 0 Å². The number of nitrogens with zero attached hydrogens (tertiary/aromatic N) is 3. The van der Waals surface area contributed by atoms with E-state index in [-0.39, 0.29) is 6.61 Å². The Bertz CT molecular complexity index is 503. The smallest absolute Gasteiger partial charge is 0.205 e. The Morgan fingerprint density at radius 1 is 1.20 bits per heavy atom. The third-order valence-electron chi connectivity index (χ3n) is 2.82. The molecule has 5 nitrogen and oxygen atoms in total. The number of hydrogen-bond donors (Lipinski definition) is 2. The zero-order chi connectivity index (χ0) is 14.2. The van der Waals surface area contributed by atoms with Gasteiger partial charge in [0, 0.05) is 19.6 Å². The highest BCUT2D eigenvalue weighted by atomic mass is 32.1. The van der Waals surface area contributed by atoms with Crippen molar-refractivity contribution in [3.63, 3.8) is 0 Å². The minimum atomic E-state index is 0.145. The van der Waals surface area contributed by atoms with Crippen LogP contribution in [0.4, 0.5) is 5.13 Å². The molecule has 0 atom stereocenters. The van der Waals surface area contributed by atoms with E-state index in [1.54, 1.807) is 11.3 Å². The number of nitrogens with one attached hydrogen (secondary N) is 1. The summed E-state index contributed by atoms with van der Waals surface area (Å²) in [6, 6.07) is 10.2. The zero-order valence-corrected chi connectivity index (χ0v) is 12.4. The molecule has 0 saturated heterocycles. The fourth-order valence-corrected chi connectivity index (χ4v) is 2.78. The lowest BCUT2D eigenvalue weighted by Crippen LogP contribution is -2.26. The summed E-state index contributed by atoms with van der Waals surface area (Å²) >= 11 is 1.57. The lowest BCUT2D eigenvalue weighted by atomic mass is 10.2. The van der Waals surface area contributed by atoms with Crippen LogP contribution in [0.3, 0.4) is 0 Å². The van der Waals surface area contributed by atoms with Gasteiger partial charge in [-0.1, -0.05) is 41.7 Å². The minimum Gasteiger partial charge on any atom is -0.395 e. The Morgan fingerprint density at radius 2 is 2.00 bits per heavy atom. The van der Waals surface area contributed by atoms with E-state index in [4.69, 9.17) is 0 Å². The highest BCUT2D eigenvalue weighted by Crippen LogP contribution is 2.17. The van der Waals surface area contributed by atoms with E-state index in [2.05, 4.69) is 32.5 Å². The highest BCUT2D eigenvalue weighted by Gasteiger charge is 2.10. The van der Waals surface area contributed by atoms with E-state index in [0.29, 0.717) is 13.1 Å². The molecule has 2 rings (SSSR count). The van der Waals surface area contributed by atoms with Crippen LogP contribution < -0.4 is 5.32 Å². The molecule has 2 N–H and O–H groups in total. The van der Waals surface area contributed by atoms with Crippen LogP contribution >= 0.6 is 11.3 Å². The Hall–Kier alpha value is -1.50. The number of aliphatic hydroxyl groups excluding tert-OH is 1. The van der Waals surface area contributed by atoms with E-state index >= 15 is 0 Å². The first-order valence-corrected chi connectivity index (χ1v) is 7.57. The summed E-state index contributed by atoms with van der Waals surface area (Å²) in [5, 5.41) is 22.4. The first-order chi connectivity index (χ1) is 9.81. The van der Waals surface area contributed by atoms with Crippen LogP contribution in [0.15, 0.2) is 30.3 Å². The number of benzene rings is 1. The van der Waals surface area contributed by atoms with Crippen molar-refractivity contribution in [2.75, 3.05) is 25.0 Å². The number of anilines is 1. The second-order valence-electron chi connectivity index (χ2n) is 4.45. The molecule has 0 radical (unpaired) electrons. The monoisotopic (exact) mass is 292 g/mol. The van der Waals surface area contributed by atoms with Crippen molar-refractivity contribution in [2.45, 2.75) is 20.0 Å². The summed E-state index contributed by atoms with van der Waals surface area (Å²) in [6.45, 7) is 5.17. The molecule has 1 heterocycles. The Balaban J connectivity index is 1.97. The lowest BCUT2D eigenvalue weighted by Gasteiger charge is -2.19. The van der Waals surface area contributed by atoms with Crippen LogP contribution in [0.5, 0.6) is 0 Å². The van der Waals surface area contributed by atoms with Gasteiger partial charge in [0.15, 0.2) is 0 Å². The van der Waals surface area contributed by atoms with Gasteiger partial charge in [0.25, 0.3) is 0 Å². The van der Waals surface area contributed by atoms with E-state index in [9.17, 15) is 5.11 Å². The Labute approximate surface area is 123 Å². The second-order valence-corrected chi connectivity index (χ2v) is 5.51. The predicted molar refractivity (Wildman–Crippen MR) is 81.7 cm³/mol. The van der Waals surface area contributed by atoms with Crippen LogP contribution in [0, 0.1) is 0 Å². The van der Waals surface area contributed by atoms with E-state index in [0.717, 1.165) is 23.2 Å². The predicted octanol–water partition coefficient (Wildman–Crippen LogP) is 1.96. The van der Waals surface area contributed by atoms with Crippen molar-refractivity contribution in [3.05, 3.63) is 40.9 Å². The molecule has 0 aliphatic rings. The molecule has 20 heavy (non-hydrogen) atoms. The van der Waals surface area contributed by atoms with Gasteiger partial charge in [-0.05, 0) is 12.5 Å². The molecule has 2 aromatic rings. The second kappa shape index (κ2) is 7.94. The van der Waals surface area contributed by atoms with Gasteiger partial charge in [-0.3, -0.25) is 4.90 Å². The molecule has 0 aliphatic carbocycles. The quantitative estimate of drug-likeness (QED) is 0.779. The molecular weight excluding hydrogens is 272 g/mol. The first kappa shape index (κ1) is 14.9. The average Bonchev–Trinajstić information content (AvgIpc) is 2.88. The number of hydrogen-bond acceptors (Lipinski definition) is 6. The molecule has 0 bridgehead atoms. The van der Waals surface area contributed by atoms with Crippen molar-refractivity contribution in [2.24, 2.45) is 0 Å². The number of aromatic nitrogens is 2. The van der Waals surface area contributed by atoms with Gasteiger partial charge in [0.2, 0.25) is 5.13 Å². The van der Waals surface area contributed by atoms with Gasteiger partial charge in [0.05, 0.1) is 13.2 Å². The van der Waals surface area contributed by atoms with Gasteiger partial charge in [-0.15, -0.1) is 10.2 Å². The van der Waals surface area contributed by atoms with Crippen molar-refractivity contribution in [1.29, 1.82) is 0 Å². The van der Waals surface area contributed by atoms with Gasteiger partial charge in [0.1, 0.15) is 5.01 Å². The molecule has 108 valence electrons. The van der Waals surface area contributed by atoms with Crippen molar-refractivity contribution < 1.29 is 5.11 Å². The molecule has 0 fully saturated rings. The molecule has 0 amide bonds. The van der Waals surface area contributed by atoms with Crippen LogP contribution in [0.25, 0.3) is 0 Å². The van der Waals surface area contributed by atoms with Crippen LogP contribution in [-0.2, 0) is 13.1 Å². The van der Waals surface area contributed by atoms with Crippen molar-refractivity contribution >= 4 is 16.5 Å². The fraction of sp³-hybridized carbons (Fsp3) is 0.429. The molecular formula is C14H20N4OS. The number of aliphatic hydroxyl groups is 1. The molecule has 1 aromatic carbocycles. The van der Waals surface area contributed by atoms with E-state index < -0.39 is 0 Å². The molecule has 0 saturated carbocycles. The van der Waals surface area contributed by atoms with Crippen LogP contribution in [0.1, 0.15) is 17.5 Å². The Morgan fingerprint density at radius 3 is 2.70 bits per heavy atom. The molecule has 6 heteroatoms. The highest BCUT2D eigenvalue weighted by molar-refractivity contribution is 7.15. The SMILES string of the molecule is CCNc1nnc(CN(CCO)Cc2ccccc2)s1. The standard InChI is InChI=1S/C14H20N4OS/c1-2-15-14-17-16-13(20-14)11-18(8-9-19)10-12-6-4-3-5-7-12/h3-7,19H,2,8-11H2,1H3,(H,15,17). The summed E-state index contributed by atoms with van der Waals surface area (Å²) in [5.74, 6) is 0. The molecule has 0 aliphatic heterocycles. The maximum atomic E-state index is 9.20. The Kier molecular flexibility index (Phi) is 5.91. The lowest BCUT2D eigenvalue weighted by molar-refractivity contribution is 0.184. The van der Waals surface area contributed by atoms with Gasteiger partial charge in [-0.25, -0.2) is 0 Å². The van der Waals surface area contributed by atoms with Gasteiger partial charge in [-0.2, -0.15) is 0 Å².